The van der Waals surface area contributed by atoms with Gasteiger partial charge in [-0.3, -0.25) is 10.1 Å². The molecule has 9 nitrogen and oxygen atoms in total. The topological polar surface area (TPSA) is 112 Å². The van der Waals surface area contributed by atoms with Crippen molar-refractivity contribution in [2.24, 2.45) is 5.92 Å². The highest BCUT2D eigenvalue weighted by molar-refractivity contribution is 7.80. The fraction of sp³-hybridized carbons (Fsp3) is 0.529. The summed E-state index contributed by atoms with van der Waals surface area (Å²) in [6, 6.07) is 3.69. The van der Waals surface area contributed by atoms with Gasteiger partial charge in [-0.2, -0.15) is 0 Å². The van der Waals surface area contributed by atoms with Crippen molar-refractivity contribution in [3.8, 4) is 0 Å². The van der Waals surface area contributed by atoms with Crippen LogP contribution in [0.2, 0.25) is 0 Å². The summed E-state index contributed by atoms with van der Waals surface area (Å²) in [5, 5.41) is 21.8. The number of ether oxygens (including phenoxy) is 1. The number of nitrogens with zero attached hydrogens (tertiary/aromatic N) is 4. The van der Waals surface area contributed by atoms with E-state index >= 15 is 0 Å². The number of thiocarbonyl (C=S) groups is 1. The maximum atomic E-state index is 12.2. The Morgan fingerprint density at radius 1 is 1.41 bits per heavy atom. The fourth-order valence-corrected chi connectivity index (χ4v) is 2.76. The zero-order valence-electron chi connectivity index (χ0n) is 15.9. The van der Waals surface area contributed by atoms with E-state index in [0.29, 0.717) is 17.5 Å². The molecule has 146 valence electrons. The number of alkyl carbamates (subject to hydrolysis) is 1. The first-order valence-electron chi connectivity index (χ1n) is 8.51. The molecule has 0 aliphatic carbocycles. The minimum atomic E-state index is -0.644. The summed E-state index contributed by atoms with van der Waals surface area (Å²) < 4.78 is 6.66. The van der Waals surface area contributed by atoms with Gasteiger partial charge in [0.25, 0.3) is 5.69 Å². The number of carbonyl (C=O) groups excluding carboxylic acids is 1. The second kappa shape index (κ2) is 7.95. The van der Waals surface area contributed by atoms with Gasteiger partial charge in [-0.1, -0.05) is 31.3 Å². The molecule has 0 aliphatic rings. The van der Waals surface area contributed by atoms with E-state index in [1.165, 1.54) is 22.9 Å². The third-order valence-electron chi connectivity index (χ3n) is 3.54. The minimum Gasteiger partial charge on any atom is -0.444 e. The van der Waals surface area contributed by atoms with Crippen molar-refractivity contribution in [3.05, 3.63) is 28.3 Å². The lowest BCUT2D eigenvalue weighted by Crippen LogP contribution is -2.45. The van der Waals surface area contributed by atoms with Crippen LogP contribution in [0.3, 0.4) is 0 Å². The van der Waals surface area contributed by atoms with Crippen molar-refractivity contribution in [3.63, 3.8) is 0 Å². The molecule has 1 aromatic carbocycles. The van der Waals surface area contributed by atoms with Crippen LogP contribution in [0.4, 0.5) is 10.5 Å². The number of non-ortho nitro benzene ring substituents is 1. The number of fused-ring (bicyclic) bond motifs is 1. The van der Waals surface area contributed by atoms with Crippen molar-refractivity contribution < 1.29 is 14.5 Å². The third-order valence-corrected chi connectivity index (χ3v) is 4.00. The zero-order chi connectivity index (χ0) is 20.4. The van der Waals surface area contributed by atoms with E-state index < -0.39 is 22.7 Å². The summed E-state index contributed by atoms with van der Waals surface area (Å²) in [4.78, 5) is 23.1. The molecule has 2 aromatic rings. The molecule has 0 saturated heterocycles. The molecule has 0 radical (unpaired) electrons. The molecule has 0 bridgehead atoms. The Bertz CT molecular complexity index is 872. The largest absolute Gasteiger partial charge is 0.444 e. The number of rotatable bonds is 5. The maximum Gasteiger partial charge on any atom is 0.408 e. The minimum absolute atomic E-state index is 0.0886. The fourth-order valence-electron chi connectivity index (χ4n) is 2.47. The van der Waals surface area contributed by atoms with Gasteiger partial charge < -0.3 is 10.1 Å². The van der Waals surface area contributed by atoms with Gasteiger partial charge >= 0.3 is 6.09 Å². The van der Waals surface area contributed by atoms with Crippen molar-refractivity contribution in [2.45, 2.75) is 52.7 Å². The molecule has 10 heteroatoms. The zero-order valence-corrected chi connectivity index (χ0v) is 16.7. The molecule has 1 atom stereocenters. The predicted octanol–water partition coefficient (Wildman–Crippen LogP) is 3.45. The molecule has 27 heavy (non-hydrogen) atoms. The van der Waals surface area contributed by atoms with E-state index in [1.54, 1.807) is 20.8 Å². The average molecular weight is 393 g/mol. The monoisotopic (exact) mass is 393 g/mol. The van der Waals surface area contributed by atoms with Gasteiger partial charge in [0.1, 0.15) is 21.6 Å². The van der Waals surface area contributed by atoms with Gasteiger partial charge in [-0.05, 0) is 39.2 Å². The van der Waals surface area contributed by atoms with Crippen LogP contribution in [0.25, 0.3) is 11.0 Å². The van der Waals surface area contributed by atoms with Crippen molar-refractivity contribution in [1.82, 2.24) is 20.3 Å². The second-order valence-corrected chi connectivity index (χ2v) is 8.02. The average Bonchev–Trinajstić information content (AvgIpc) is 2.94. The van der Waals surface area contributed by atoms with Gasteiger partial charge in [0.05, 0.1) is 11.0 Å². The molecule has 2 rings (SSSR count). The lowest BCUT2D eigenvalue weighted by molar-refractivity contribution is -0.384. The van der Waals surface area contributed by atoms with Gasteiger partial charge in [0.2, 0.25) is 0 Å². The van der Waals surface area contributed by atoms with Crippen molar-refractivity contribution >= 4 is 40.0 Å². The number of carbonyl (C=O) groups is 1. The molecule has 1 heterocycles. The highest BCUT2D eigenvalue weighted by atomic mass is 32.1. The maximum absolute atomic E-state index is 12.2. The van der Waals surface area contributed by atoms with Crippen molar-refractivity contribution in [1.29, 1.82) is 0 Å². The van der Waals surface area contributed by atoms with E-state index in [2.05, 4.69) is 15.6 Å². The Kier molecular flexibility index (Phi) is 6.09. The summed E-state index contributed by atoms with van der Waals surface area (Å²) in [5.41, 5.74) is 0.154. The highest BCUT2D eigenvalue weighted by Gasteiger charge is 2.26. The van der Waals surface area contributed by atoms with E-state index in [1.807, 2.05) is 13.8 Å². The van der Waals surface area contributed by atoms with Crippen LogP contribution in [0.5, 0.6) is 0 Å². The Labute approximate surface area is 162 Å². The molecule has 1 N–H and O–H groups in total. The normalized spacial score (nSPS) is 12.8. The first-order valence-corrected chi connectivity index (χ1v) is 8.92. The molecule has 0 unspecified atom stereocenters. The number of aromatic nitrogens is 3. The standard InChI is InChI=1S/C17H23N5O4S/c1-10(2)8-13(18-16(23)26-17(3,4)5)15(27)21-14-9-11(22(24)25)6-7-12(14)19-20-21/h6-7,9-10,13H,8H2,1-5H3,(H,18,23)/t13-/m0/s1. The molecule has 0 spiro atoms. The molecule has 1 aromatic heterocycles. The summed E-state index contributed by atoms with van der Waals surface area (Å²) in [5.74, 6) is 0.229. The lowest BCUT2D eigenvalue weighted by Gasteiger charge is -2.25. The number of nitrogens with one attached hydrogen (secondary N) is 1. The molecular formula is C17H23N5O4S. The quantitative estimate of drug-likeness (QED) is 0.470. The molecule has 0 aliphatic heterocycles. The molecular weight excluding hydrogens is 370 g/mol. The summed E-state index contributed by atoms with van der Waals surface area (Å²) >= 11 is 5.53. The summed E-state index contributed by atoms with van der Waals surface area (Å²) in [7, 11) is 0. The number of nitro benzene ring substituents is 1. The summed E-state index contributed by atoms with van der Waals surface area (Å²) in [6.07, 6.45) is -0.0418. The Morgan fingerprint density at radius 2 is 2.07 bits per heavy atom. The smallest absolute Gasteiger partial charge is 0.408 e. The van der Waals surface area contributed by atoms with Crippen LogP contribution in [-0.2, 0) is 4.74 Å². The number of benzene rings is 1. The van der Waals surface area contributed by atoms with Crippen LogP contribution in [0.15, 0.2) is 18.2 Å². The Balaban J connectivity index is 2.34. The van der Waals surface area contributed by atoms with E-state index in [0.717, 1.165) is 0 Å². The van der Waals surface area contributed by atoms with Gasteiger partial charge in [0.15, 0.2) is 0 Å². The highest BCUT2D eigenvalue weighted by Crippen LogP contribution is 2.20. The number of amides is 1. The third kappa shape index (κ3) is 5.43. The van der Waals surface area contributed by atoms with Gasteiger partial charge in [-0.25, -0.2) is 9.48 Å². The first kappa shape index (κ1) is 20.7. The first-order chi connectivity index (χ1) is 12.5. The van der Waals surface area contributed by atoms with Crippen LogP contribution in [0.1, 0.15) is 41.0 Å². The van der Waals surface area contributed by atoms with Crippen LogP contribution in [-0.4, -0.2) is 42.6 Å². The second-order valence-electron chi connectivity index (χ2n) is 7.60. The Morgan fingerprint density at radius 3 is 2.63 bits per heavy atom. The summed E-state index contributed by atoms with van der Waals surface area (Å²) in [6.45, 7) is 9.30. The number of hydrogen-bond donors (Lipinski definition) is 1. The van der Waals surface area contributed by atoms with E-state index in [-0.39, 0.29) is 16.6 Å². The van der Waals surface area contributed by atoms with E-state index in [4.69, 9.17) is 17.0 Å². The van der Waals surface area contributed by atoms with Crippen LogP contribution >= 0.6 is 12.2 Å². The SMILES string of the molecule is CC(C)C[C@H](NC(=O)OC(C)(C)C)C(=S)n1nnc2ccc([N+](=O)[O-])cc21. The van der Waals surface area contributed by atoms with Gasteiger partial charge in [0, 0.05) is 12.1 Å². The van der Waals surface area contributed by atoms with Gasteiger partial charge in [-0.15, -0.1) is 5.10 Å². The number of hydrogen-bond acceptors (Lipinski definition) is 7. The predicted molar refractivity (Wildman–Crippen MR) is 105 cm³/mol. The Hall–Kier alpha value is -2.62. The van der Waals surface area contributed by atoms with Crippen molar-refractivity contribution in [2.75, 3.05) is 0 Å². The van der Waals surface area contributed by atoms with Crippen LogP contribution in [0, 0.1) is 16.0 Å². The molecule has 1 amide bonds. The number of nitro groups is 1. The lowest BCUT2D eigenvalue weighted by atomic mass is 10.0. The molecule has 0 saturated carbocycles. The van der Waals surface area contributed by atoms with E-state index in [9.17, 15) is 14.9 Å². The molecule has 0 fully saturated rings. The van der Waals surface area contributed by atoms with Crippen LogP contribution < -0.4 is 5.32 Å².